The standard InChI is InChI=1S/C9H11NO6/c1-9(10(14)15)4-7(16-2)6(11)3-5(9)8(12)13/h3,11H,4H2,1-2H3,(H,12,13). The van der Waals surface area contributed by atoms with Crippen molar-refractivity contribution in [1.82, 2.24) is 0 Å². The maximum absolute atomic E-state index is 10.9. The van der Waals surface area contributed by atoms with Crippen molar-refractivity contribution in [3.63, 3.8) is 0 Å². The number of aliphatic hydroxyl groups is 1. The summed E-state index contributed by atoms with van der Waals surface area (Å²) in [5.41, 5.74) is -2.25. The van der Waals surface area contributed by atoms with Crippen LogP contribution in [0.5, 0.6) is 0 Å². The summed E-state index contributed by atoms with van der Waals surface area (Å²) in [5, 5.41) is 29.1. The van der Waals surface area contributed by atoms with E-state index in [1.807, 2.05) is 0 Å². The first-order valence-electron chi connectivity index (χ1n) is 4.39. The zero-order valence-corrected chi connectivity index (χ0v) is 8.76. The van der Waals surface area contributed by atoms with Gasteiger partial charge in [0.05, 0.1) is 13.5 Å². The van der Waals surface area contributed by atoms with E-state index in [4.69, 9.17) is 9.84 Å². The van der Waals surface area contributed by atoms with Gasteiger partial charge in [-0.2, -0.15) is 0 Å². The molecule has 0 fully saturated rings. The molecule has 1 aliphatic carbocycles. The van der Waals surface area contributed by atoms with E-state index in [9.17, 15) is 20.0 Å². The number of aliphatic carboxylic acids is 1. The van der Waals surface area contributed by atoms with E-state index in [0.717, 1.165) is 6.08 Å². The molecule has 0 spiro atoms. The Balaban J connectivity index is 3.32. The second-order valence-electron chi connectivity index (χ2n) is 3.58. The second-order valence-corrected chi connectivity index (χ2v) is 3.58. The first-order chi connectivity index (χ1) is 7.32. The molecule has 0 saturated carbocycles. The zero-order valence-electron chi connectivity index (χ0n) is 8.76. The number of aliphatic hydroxyl groups excluding tert-OH is 1. The zero-order chi connectivity index (χ0) is 12.5. The smallest absolute Gasteiger partial charge is 0.339 e. The van der Waals surface area contributed by atoms with Crippen LogP contribution in [0.25, 0.3) is 0 Å². The minimum absolute atomic E-state index is 0.00389. The van der Waals surface area contributed by atoms with Gasteiger partial charge in [0, 0.05) is 17.9 Å². The molecule has 0 saturated heterocycles. The van der Waals surface area contributed by atoms with E-state index in [2.05, 4.69) is 0 Å². The highest BCUT2D eigenvalue weighted by Crippen LogP contribution is 2.34. The lowest BCUT2D eigenvalue weighted by Gasteiger charge is -2.25. The highest BCUT2D eigenvalue weighted by molar-refractivity contribution is 5.89. The number of methoxy groups -OCH3 is 1. The fourth-order valence-corrected chi connectivity index (χ4v) is 1.50. The van der Waals surface area contributed by atoms with Crippen molar-refractivity contribution in [3.05, 3.63) is 33.3 Å². The molecule has 1 rings (SSSR count). The van der Waals surface area contributed by atoms with E-state index in [-0.39, 0.29) is 17.9 Å². The fourth-order valence-electron chi connectivity index (χ4n) is 1.50. The summed E-state index contributed by atoms with van der Waals surface area (Å²) >= 11 is 0. The Morgan fingerprint density at radius 2 is 2.25 bits per heavy atom. The molecule has 2 N–H and O–H groups in total. The Morgan fingerprint density at radius 1 is 1.69 bits per heavy atom. The van der Waals surface area contributed by atoms with Crippen LogP contribution >= 0.6 is 0 Å². The molecule has 0 radical (unpaired) electrons. The van der Waals surface area contributed by atoms with Crippen LogP contribution in [0.2, 0.25) is 0 Å². The minimum atomic E-state index is -1.79. The number of hydrogen-bond donors (Lipinski definition) is 2. The topological polar surface area (TPSA) is 110 Å². The van der Waals surface area contributed by atoms with Gasteiger partial charge in [0.15, 0.2) is 5.76 Å². The third-order valence-electron chi connectivity index (χ3n) is 2.53. The predicted octanol–water partition coefficient (Wildman–Crippen LogP) is 0.852. The number of carboxylic acid groups (broad SMARTS) is 1. The number of allylic oxidation sites excluding steroid dienone is 1. The number of carbonyl (C=O) groups is 1. The van der Waals surface area contributed by atoms with Crippen LogP contribution in [-0.2, 0) is 9.53 Å². The van der Waals surface area contributed by atoms with Crippen molar-refractivity contribution in [1.29, 1.82) is 0 Å². The van der Waals surface area contributed by atoms with Gasteiger partial charge in [0.2, 0.25) is 0 Å². The molecule has 0 bridgehead atoms. The van der Waals surface area contributed by atoms with Gasteiger partial charge in [-0.1, -0.05) is 0 Å². The first kappa shape index (κ1) is 12.0. The SMILES string of the molecule is COC1=C(O)C=C(C(=O)O)C(C)([N+](=O)[O-])C1. The van der Waals surface area contributed by atoms with Crippen LogP contribution in [0.1, 0.15) is 13.3 Å². The van der Waals surface area contributed by atoms with E-state index in [1.165, 1.54) is 14.0 Å². The molecule has 1 atom stereocenters. The average Bonchev–Trinajstić information content (AvgIpc) is 2.20. The van der Waals surface area contributed by atoms with Crippen molar-refractivity contribution in [2.45, 2.75) is 18.9 Å². The summed E-state index contributed by atoms with van der Waals surface area (Å²) in [6, 6.07) is 0. The van der Waals surface area contributed by atoms with Crippen molar-refractivity contribution in [2.75, 3.05) is 7.11 Å². The Morgan fingerprint density at radius 3 is 2.62 bits per heavy atom. The molecule has 1 aliphatic rings. The van der Waals surface area contributed by atoms with Crippen LogP contribution < -0.4 is 0 Å². The Labute approximate surface area is 90.8 Å². The lowest BCUT2D eigenvalue weighted by Crippen LogP contribution is -2.42. The second kappa shape index (κ2) is 3.84. The van der Waals surface area contributed by atoms with Gasteiger partial charge in [-0.15, -0.1) is 0 Å². The van der Waals surface area contributed by atoms with Crippen LogP contribution in [0.3, 0.4) is 0 Å². The molecule has 0 aromatic rings. The van der Waals surface area contributed by atoms with Gasteiger partial charge in [-0.25, -0.2) is 4.79 Å². The average molecular weight is 229 g/mol. The van der Waals surface area contributed by atoms with Gasteiger partial charge in [0.25, 0.3) is 5.54 Å². The molecule has 7 nitrogen and oxygen atoms in total. The number of rotatable bonds is 3. The summed E-state index contributed by atoms with van der Waals surface area (Å²) in [4.78, 5) is 21.1. The van der Waals surface area contributed by atoms with E-state index in [0.29, 0.717) is 0 Å². The Kier molecular flexibility index (Phi) is 2.88. The third kappa shape index (κ3) is 1.71. The molecule has 0 aromatic carbocycles. The summed E-state index contributed by atoms with van der Waals surface area (Å²) in [5.74, 6) is -1.82. The lowest BCUT2D eigenvalue weighted by molar-refractivity contribution is -0.553. The minimum Gasteiger partial charge on any atom is -0.504 e. The van der Waals surface area contributed by atoms with Gasteiger partial charge in [-0.3, -0.25) is 10.1 Å². The predicted molar refractivity (Wildman–Crippen MR) is 52.4 cm³/mol. The van der Waals surface area contributed by atoms with Gasteiger partial charge < -0.3 is 14.9 Å². The number of nitro groups is 1. The summed E-state index contributed by atoms with van der Waals surface area (Å²) in [6.07, 6.45) is 0.563. The normalized spacial score (nSPS) is 25.0. The maximum atomic E-state index is 10.9. The monoisotopic (exact) mass is 229 g/mol. The number of ether oxygens (including phenoxy) is 1. The first-order valence-corrected chi connectivity index (χ1v) is 4.39. The summed E-state index contributed by atoms with van der Waals surface area (Å²) < 4.78 is 4.76. The van der Waals surface area contributed by atoms with Crippen LogP contribution in [0, 0.1) is 10.1 Å². The van der Waals surface area contributed by atoms with Gasteiger partial charge in [-0.05, 0) is 0 Å². The molecule has 88 valence electrons. The van der Waals surface area contributed by atoms with Crippen LogP contribution in [0.15, 0.2) is 23.2 Å². The molecular weight excluding hydrogens is 218 g/mol. The molecule has 16 heavy (non-hydrogen) atoms. The molecule has 0 heterocycles. The van der Waals surface area contributed by atoms with Crippen LogP contribution in [-0.4, -0.2) is 33.8 Å². The lowest BCUT2D eigenvalue weighted by atomic mass is 9.84. The van der Waals surface area contributed by atoms with Crippen molar-refractivity contribution >= 4 is 5.97 Å². The molecule has 0 amide bonds. The highest BCUT2D eigenvalue weighted by Gasteiger charge is 2.49. The Hall–Kier alpha value is -2.05. The molecule has 0 aromatic heterocycles. The molecule has 0 aliphatic heterocycles. The third-order valence-corrected chi connectivity index (χ3v) is 2.53. The van der Waals surface area contributed by atoms with E-state index < -0.39 is 22.0 Å². The van der Waals surface area contributed by atoms with E-state index in [1.54, 1.807) is 0 Å². The van der Waals surface area contributed by atoms with Gasteiger partial charge in [0.1, 0.15) is 11.3 Å². The number of carboxylic acids is 1. The van der Waals surface area contributed by atoms with Crippen molar-refractivity contribution in [2.24, 2.45) is 0 Å². The highest BCUT2D eigenvalue weighted by atomic mass is 16.6. The Bertz CT molecular complexity index is 410. The molecular formula is C9H11NO6. The van der Waals surface area contributed by atoms with Crippen molar-refractivity contribution < 1.29 is 24.7 Å². The molecule has 7 heteroatoms. The quantitative estimate of drug-likeness (QED) is 0.548. The van der Waals surface area contributed by atoms with Crippen LogP contribution in [0.4, 0.5) is 0 Å². The largest absolute Gasteiger partial charge is 0.504 e. The summed E-state index contributed by atoms with van der Waals surface area (Å²) in [6.45, 7) is 1.18. The van der Waals surface area contributed by atoms with E-state index >= 15 is 0 Å². The van der Waals surface area contributed by atoms with Crippen molar-refractivity contribution in [3.8, 4) is 0 Å². The summed E-state index contributed by atoms with van der Waals surface area (Å²) in [7, 11) is 1.26. The maximum Gasteiger partial charge on any atom is 0.339 e. The number of nitrogens with zero attached hydrogens (tertiary/aromatic N) is 1. The van der Waals surface area contributed by atoms with Gasteiger partial charge >= 0.3 is 5.97 Å². The number of hydrogen-bond acceptors (Lipinski definition) is 5. The fraction of sp³-hybridized carbons (Fsp3) is 0.444. The molecule has 1 unspecified atom stereocenters.